The second kappa shape index (κ2) is 5.04. The highest BCUT2D eigenvalue weighted by Gasteiger charge is 2.23. The largest absolute Gasteiger partial charge is 0.355 e. The minimum Gasteiger partial charge on any atom is -0.355 e. The first-order valence-corrected chi connectivity index (χ1v) is 6.92. The summed E-state index contributed by atoms with van der Waals surface area (Å²) in [5.74, 6) is 1.01. The van der Waals surface area contributed by atoms with Gasteiger partial charge in [0, 0.05) is 18.8 Å². The number of nitrogens with zero attached hydrogens (tertiary/aromatic N) is 5. The van der Waals surface area contributed by atoms with Gasteiger partial charge < -0.3 is 4.90 Å². The minimum atomic E-state index is 0.0903. The van der Waals surface area contributed by atoms with Crippen LogP contribution in [-0.4, -0.2) is 28.0 Å². The molecule has 2 aromatic rings. The molecule has 0 aromatic carbocycles. The molecule has 102 valence electrons. The number of rotatable bonds is 1. The van der Waals surface area contributed by atoms with E-state index in [9.17, 15) is 0 Å². The molecular formula is C15H17N5. The van der Waals surface area contributed by atoms with Gasteiger partial charge in [0.2, 0.25) is 0 Å². The molecule has 0 radical (unpaired) electrons. The lowest BCUT2D eigenvalue weighted by molar-refractivity contribution is 0.491. The third-order valence-corrected chi connectivity index (χ3v) is 3.81. The summed E-state index contributed by atoms with van der Waals surface area (Å²) in [5.41, 5.74) is 2.85. The number of aryl methyl sites for hydroxylation is 2. The molecule has 1 atom stereocenters. The Morgan fingerprint density at radius 1 is 1.35 bits per heavy atom. The van der Waals surface area contributed by atoms with Crippen molar-refractivity contribution in [2.24, 2.45) is 5.92 Å². The molecule has 5 nitrogen and oxygen atoms in total. The molecule has 0 saturated carbocycles. The monoisotopic (exact) mass is 267 g/mol. The Hall–Kier alpha value is -2.22. The molecule has 3 heterocycles. The summed E-state index contributed by atoms with van der Waals surface area (Å²) < 4.78 is 0. The maximum Gasteiger partial charge on any atom is 0.165 e. The van der Waals surface area contributed by atoms with E-state index in [4.69, 9.17) is 5.26 Å². The number of hydrogen-bond acceptors (Lipinski definition) is 5. The summed E-state index contributed by atoms with van der Waals surface area (Å²) in [7, 11) is 0. The second-order valence-corrected chi connectivity index (χ2v) is 5.39. The zero-order chi connectivity index (χ0) is 14.1. The maximum atomic E-state index is 9.14. The number of pyridine rings is 1. The normalized spacial score (nSPS) is 19.1. The Kier molecular flexibility index (Phi) is 3.23. The van der Waals surface area contributed by atoms with Gasteiger partial charge in [0.25, 0.3) is 0 Å². The lowest BCUT2D eigenvalue weighted by Crippen LogP contribution is -2.35. The molecule has 0 unspecified atom stereocenters. The number of nitriles is 1. The highest BCUT2D eigenvalue weighted by molar-refractivity contribution is 5.90. The van der Waals surface area contributed by atoms with Gasteiger partial charge in [-0.05, 0) is 38.3 Å². The van der Waals surface area contributed by atoms with E-state index in [0.29, 0.717) is 0 Å². The molecule has 0 aliphatic carbocycles. The van der Waals surface area contributed by atoms with E-state index in [1.54, 1.807) is 6.33 Å². The summed E-state index contributed by atoms with van der Waals surface area (Å²) in [4.78, 5) is 15.4. The number of fused-ring (bicyclic) bond motifs is 1. The standard InChI is InChI=1S/C15H17N5/c1-10-6-11(2)19-14-13(10)15(18-9-17-14)20-5-3-4-12(7-16)8-20/h6,9,12H,3-5,8H2,1-2H3/t12-/m0/s1. The van der Waals surface area contributed by atoms with E-state index in [0.717, 1.165) is 54.0 Å². The van der Waals surface area contributed by atoms with E-state index in [1.807, 2.05) is 6.92 Å². The molecule has 5 heteroatoms. The quantitative estimate of drug-likeness (QED) is 0.793. The van der Waals surface area contributed by atoms with Crippen LogP contribution < -0.4 is 4.90 Å². The van der Waals surface area contributed by atoms with Crippen LogP contribution in [0.1, 0.15) is 24.1 Å². The van der Waals surface area contributed by atoms with Crippen molar-refractivity contribution < 1.29 is 0 Å². The third-order valence-electron chi connectivity index (χ3n) is 3.81. The Bertz CT molecular complexity index is 688. The summed E-state index contributed by atoms with van der Waals surface area (Å²) in [6.45, 7) is 5.73. The van der Waals surface area contributed by atoms with Crippen molar-refractivity contribution >= 4 is 16.9 Å². The number of hydrogen-bond donors (Lipinski definition) is 0. The molecular weight excluding hydrogens is 250 g/mol. The summed E-state index contributed by atoms with van der Waals surface area (Å²) in [6.07, 6.45) is 3.58. The average Bonchev–Trinajstić information content (AvgIpc) is 2.46. The predicted octanol–water partition coefficient (Wildman–Crippen LogP) is 2.38. The molecule has 20 heavy (non-hydrogen) atoms. The summed E-state index contributed by atoms with van der Waals surface area (Å²) in [5, 5.41) is 10.1. The molecule has 0 amide bonds. The van der Waals surface area contributed by atoms with E-state index in [1.165, 1.54) is 0 Å². The molecule has 1 aliphatic rings. The van der Waals surface area contributed by atoms with Gasteiger partial charge in [0.05, 0.1) is 17.4 Å². The van der Waals surface area contributed by atoms with Crippen LogP contribution in [0.5, 0.6) is 0 Å². The van der Waals surface area contributed by atoms with E-state index >= 15 is 0 Å². The Morgan fingerprint density at radius 3 is 3.00 bits per heavy atom. The lowest BCUT2D eigenvalue weighted by Gasteiger charge is -2.31. The first-order chi connectivity index (χ1) is 9.69. The van der Waals surface area contributed by atoms with Crippen LogP contribution in [0, 0.1) is 31.1 Å². The van der Waals surface area contributed by atoms with Crippen LogP contribution in [0.2, 0.25) is 0 Å². The molecule has 1 saturated heterocycles. The molecule has 1 fully saturated rings. The highest BCUT2D eigenvalue weighted by Crippen LogP contribution is 2.29. The van der Waals surface area contributed by atoms with Crippen molar-refractivity contribution in [3.8, 4) is 6.07 Å². The van der Waals surface area contributed by atoms with Gasteiger partial charge in [-0.3, -0.25) is 0 Å². The SMILES string of the molecule is Cc1cc(C)c2c(N3CCC[C@@H](C#N)C3)ncnc2n1. The fraction of sp³-hybridized carbons (Fsp3) is 0.467. The zero-order valence-corrected chi connectivity index (χ0v) is 11.8. The van der Waals surface area contributed by atoms with E-state index in [2.05, 4.69) is 38.9 Å². The number of piperidine rings is 1. The molecule has 1 aliphatic heterocycles. The fourth-order valence-corrected chi connectivity index (χ4v) is 2.90. The van der Waals surface area contributed by atoms with Gasteiger partial charge in [-0.15, -0.1) is 0 Å². The molecule has 0 N–H and O–H groups in total. The smallest absolute Gasteiger partial charge is 0.165 e. The molecule has 0 bridgehead atoms. The number of aromatic nitrogens is 3. The van der Waals surface area contributed by atoms with Gasteiger partial charge in [-0.2, -0.15) is 5.26 Å². The van der Waals surface area contributed by atoms with Crippen LogP contribution in [0.3, 0.4) is 0 Å². The third kappa shape index (κ3) is 2.18. The van der Waals surface area contributed by atoms with Gasteiger partial charge in [0.15, 0.2) is 5.65 Å². The Balaban J connectivity index is 2.10. The predicted molar refractivity (Wildman–Crippen MR) is 77.4 cm³/mol. The van der Waals surface area contributed by atoms with Crippen molar-refractivity contribution in [2.45, 2.75) is 26.7 Å². The van der Waals surface area contributed by atoms with Crippen LogP contribution in [0.15, 0.2) is 12.4 Å². The molecule has 0 spiro atoms. The first-order valence-electron chi connectivity index (χ1n) is 6.92. The highest BCUT2D eigenvalue weighted by atomic mass is 15.2. The van der Waals surface area contributed by atoms with E-state index in [-0.39, 0.29) is 5.92 Å². The van der Waals surface area contributed by atoms with Crippen molar-refractivity contribution in [1.82, 2.24) is 15.0 Å². The lowest BCUT2D eigenvalue weighted by atomic mass is 9.99. The Labute approximate surface area is 118 Å². The van der Waals surface area contributed by atoms with E-state index < -0.39 is 0 Å². The van der Waals surface area contributed by atoms with Crippen molar-refractivity contribution in [3.63, 3.8) is 0 Å². The van der Waals surface area contributed by atoms with Gasteiger partial charge in [0.1, 0.15) is 12.1 Å². The van der Waals surface area contributed by atoms with Gasteiger partial charge in [-0.1, -0.05) is 0 Å². The molecule has 3 rings (SSSR count). The first kappa shape index (κ1) is 12.8. The zero-order valence-electron chi connectivity index (χ0n) is 11.8. The number of anilines is 1. The van der Waals surface area contributed by atoms with Crippen molar-refractivity contribution in [2.75, 3.05) is 18.0 Å². The fourth-order valence-electron chi connectivity index (χ4n) is 2.90. The van der Waals surface area contributed by atoms with Crippen LogP contribution in [0.25, 0.3) is 11.0 Å². The van der Waals surface area contributed by atoms with Crippen LogP contribution >= 0.6 is 0 Å². The van der Waals surface area contributed by atoms with Crippen LogP contribution in [0.4, 0.5) is 5.82 Å². The average molecular weight is 267 g/mol. The Morgan fingerprint density at radius 2 is 2.20 bits per heavy atom. The van der Waals surface area contributed by atoms with Crippen molar-refractivity contribution in [1.29, 1.82) is 5.26 Å². The summed E-state index contributed by atoms with van der Waals surface area (Å²) >= 11 is 0. The minimum absolute atomic E-state index is 0.0903. The maximum absolute atomic E-state index is 9.14. The molecule has 2 aromatic heterocycles. The van der Waals surface area contributed by atoms with Gasteiger partial charge in [-0.25, -0.2) is 15.0 Å². The topological polar surface area (TPSA) is 65.7 Å². The van der Waals surface area contributed by atoms with Crippen molar-refractivity contribution in [3.05, 3.63) is 23.7 Å². The summed E-state index contributed by atoms with van der Waals surface area (Å²) in [6, 6.07) is 4.43. The second-order valence-electron chi connectivity index (χ2n) is 5.39. The van der Waals surface area contributed by atoms with Gasteiger partial charge >= 0.3 is 0 Å². The van der Waals surface area contributed by atoms with Crippen LogP contribution in [-0.2, 0) is 0 Å².